The molecular formula is C3H3BF. The quantitative estimate of drug-likeness (QED) is 0.313. The monoisotopic (exact) mass is 69.0 g/mol. The smallest absolute Gasteiger partial charge is 0.342 e. The van der Waals surface area contributed by atoms with Crippen LogP contribution in [0.25, 0.3) is 0 Å². The Morgan fingerprint density at radius 1 is 2.00 bits per heavy atom. The molecule has 2 heteroatoms. The Kier molecular flexibility index (Phi) is 3.24. The van der Waals surface area contributed by atoms with Gasteiger partial charge in [-0.05, 0) is 0 Å². The topological polar surface area (TPSA) is 0 Å². The zero-order valence-corrected chi connectivity index (χ0v) is 2.74. The molecule has 0 aliphatic heterocycles. The zero-order valence-electron chi connectivity index (χ0n) is 2.74. The molecule has 0 aliphatic rings. The fraction of sp³-hybridized carbons (Fsp3) is 0.333. The van der Waals surface area contributed by atoms with Gasteiger partial charge in [0.1, 0.15) is 0 Å². The van der Waals surface area contributed by atoms with Gasteiger partial charge in [-0.3, -0.25) is 0 Å². The Balaban J connectivity index is 2.48. The Morgan fingerprint density at radius 3 is 2.60 bits per heavy atom. The third-order valence-electron chi connectivity index (χ3n) is 0.195. The maximum absolute atomic E-state index is 10.7. The average molecular weight is 68.9 g/mol. The van der Waals surface area contributed by atoms with Crippen LogP contribution in [0.1, 0.15) is 0 Å². The van der Waals surface area contributed by atoms with Gasteiger partial charge in [-0.15, -0.1) is 12.3 Å². The van der Waals surface area contributed by atoms with Crippen LogP contribution in [0.4, 0.5) is 4.32 Å². The molecule has 0 aliphatic carbocycles. The number of hydrogen-bond donors (Lipinski definition) is 0. The summed E-state index contributed by atoms with van der Waals surface area (Å²) in [6.45, 7) is 0. The van der Waals surface area contributed by atoms with E-state index >= 15 is 0 Å². The van der Waals surface area contributed by atoms with Crippen molar-refractivity contribution in [1.29, 1.82) is 0 Å². The molecule has 0 rings (SSSR count). The van der Waals surface area contributed by atoms with Crippen LogP contribution < -0.4 is 0 Å². The van der Waals surface area contributed by atoms with Gasteiger partial charge in [0, 0.05) is 6.32 Å². The second-order valence-electron chi connectivity index (χ2n) is 0.563. The van der Waals surface area contributed by atoms with Crippen molar-refractivity contribution in [1.82, 2.24) is 0 Å². The van der Waals surface area contributed by atoms with Gasteiger partial charge in [-0.1, -0.05) is 0 Å². The molecule has 1 radical (unpaired) electrons. The Morgan fingerprint density at radius 2 is 2.60 bits per heavy atom. The molecule has 0 spiro atoms. The standard InChI is InChI=1S/C3H3BF/c1-2-3-4-5/h1H,3H2. The van der Waals surface area contributed by atoms with Crippen LogP contribution in [0.5, 0.6) is 0 Å². The summed E-state index contributed by atoms with van der Waals surface area (Å²) >= 11 is 0. The molecule has 0 aromatic heterocycles. The van der Waals surface area contributed by atoms with Crippen LogP contribution in [0.3, 0.4) is 0 Å². The van der Waals surface area contributed by atoms with E-state index < -0.39 is 0 Å². The highest BCUT2D eigenvalue weighted by molar-refractivity contribution is 6.27. The van der Waals surface area contributed by atoms with Crippen molar-refractivity contribution < 1.29 is 4.32 Å². The number of rotatable bonds is 1. The zero-order chi connectivity index (χ0) is 4.12. The van der Waals surface area contributed by atoms with Gasteiger partial charge in [0.15, 0.2) is 0 Å². The maximum atomic E-state index is 10.7. The average Bonchev–Trinajstić information content (AvgIpc) is 1.41. The second kappa shape index (κ2) is 3.55. The minimum atomic E-state index is 0.125. The van der Waals surface area contributed by atoms with Crippen LogP contribution in [-0.4, -0.2) is 7.56 Å². The molecular weight excluding hydrogens is 65.8 g/mol. The van der Waals surface area contributed by atoms with E-state index in [4.69, 9.17) is 0 Å². The fourth-order valence-corrected chi connectivity index (χ4v) is 0.0445. The van der Waals surface area contributed by atoms with E-state index in [9.17, 15) is 4.32 Å². The first-order valence-corrected chi connectivity index (χ1v) is 1.27. The molecule has 0 fully saturated rings. The third-order valence-corrected chi connectivity index (χ3v) is 0.195. The molecule has 0 N–H and O–H groups in total. The van der Waals surface area contributed by atoms with Crippen molar-refractivity contribution >= 4 is 7.56 Å². The van der Waals surface area contributed by atoms with Crippen molar-refractivity contribution in [3.05, 3.63) is 0 Å². The van der Waals surface area contributed by atoms with E-state index in [0.717, 1.165) is 0 Å². The van der Waals surface area contributed by atoms with Gasteiger partial charge in [0.05, 0.1) is 0 Å². The molecule has 0 amide bonds. The first-order chi connectivity index (χ1) is 2.41. The summed E-state index contributed by atoms with van der Waals surface area (Å²) in [5.74, 6) is 2.09. The van der Waals surface area contributed by atoms with E-state index in [-0.39, 0.29) is 6.32 Å². The summed E-state index contributed by atoms with van der Waals surface area (Å²) in [5, 5.41) is 0. The van der Waals surface area contributed by atoms with Gasteiger partial charge in [0.25, 0.3) is 0 Å². The minimum absolute atomic E-state index is 0.125. The fourth-order valence-electron chi connectivity index (χ4n) is 0.0445. The molecule has 0 aromatic rings. The van der Waals surface area contributed by atoms with Crippen LogP contribution in [0, 0.1) is 12.3 Å². The normalized spacial score (nSPS) is 5.60. The molecule has 25 valence electrons. The van der Waals surface area contributed by atoms with Gasteiger partial charge in [-0.25, -0.2) is 0 Å². The number of halogens is 1. The predicted octanol–water partition coefficient (Wildman–Crippen LogP) is 0.627. The first kappa shape index (κ1) is 4.55. The molecule has 0 heterocycles. The SMILES string of the molecule is C#CC[B]F. The Bertz CT molecular complexity index is 45.3. The van der Waals surface area contributed by atoms with Crippen molar-refractivity contribution in [3.63, 3.8) is 0 Å². The molecule has 0 unspecified atom stereocenters. The summed E-state index contributed by atoms with van der Waals surface area (Å²) in [5.41, 5.74) is 0. The predicted molar refractivity (Wildman–Crippen MR) is 20.5 cm³/mol. The van der Waals surface area contributed by atoms with Gasteiger partial charge >= 0.3 is 7.56 Å². The van der Waals surface area contributed by atoms with E-state index in [1.54, 1.807) is 0 Å². The lowest BCUT2D eigenvalue weighted by molar-refractivity contribution is 0.871. The number of terminal acetylenes is 1. The van der Waals surface area contributed by atoms with E-state index in [1.807, 2.05) is 0 Å². The summed E-state index contributed by atoms with van der Waals surface area (Å²) in [4.78, 5) is 0. The maximum Gasteiger partial charge on any atom is 0.367 e. The number of hydrogen-bond acceptors (Lipinski definition) is 0. The highest BCUT2D eigenvalue weighted by Gasteiger charge is 1.74. The molecule has 0 aromatic carbocycles. The van der Waals surface area contributed by atoms with Gasteiger partial charge in [-0.2, -0.15) is 0 Å². The Labute approximate surface area is 31.7 Å². The summed E-state index contributed by atoms with van der Waals surface area (Å²) < 4.78 is 10.7. The summed E-state index contributed by atoms with van der Waals surface area (Å²) in [6.07, 6.45) is 4.74. The third kappa shape index (κ3) is 3.55. The van der Waals surface area contributed by atoms with E-state index in [1.165, 1.54) is 0 Å². The lowest BCUT2D eigenvalue weighted by Crippen LogP contribution is -1.68. The minimum Gasteiger partial charge on any atom is -0.342 e. The van der Waals surface area contributed by atoms with Crippen LogP contribution >= 0.6 is 0 Å². The summed E-state index contributed by atoms with van der Waals surface area (Å²) in [6, 6.07) is 0. The molecule has 5 heavy (non-hydrogen) atoms. The van der Waals surface area contributed by atoms with Crippen LogP contribution in [0.2, 0.25) is 6.32 Å². The van der Waals surface area contributed by atoms with E-state index in [0.29, 0.717) is 7.56 Å². The molecule has 0 saturated heterocycles. The van der Waals surface area contributed by atoms with Crippen LogP contribution in [-0.2, 0) is 0 Å². The molecule has 0 nitrogen and oxygen atoms in total. The van der Waals surface area contributed by atoms with Crippen molar-refractivity contribution in [2.75, 3.05) is 0 Å². The second-order valence-corrected chi connectivity index (χ2v) is 0.563. The van der Waals surface area contributed by atoms with Crippen molar-refractivity contribution in [2.24, 2.45) is 0 Å². The Hall–Kier alpha value is -0.445. The van der Waals surface area contributed by atoms with Crippen LogP contribution in [0.15, 0.2) is 0 Å². The van der Waals surface area contributed by atoms with Gasteiger partial charge < -0.3 is 4.32 Å². The lowest BCUT2D eigenvalue weighted by Gasteiger charge is -1.61. The lowest BCUT2D eigenvalue weighted by atomic mass is 10.0. The van der Waals surface area contributed by atoms with Gasteiger partial charge in [0.2, 0.25) is 0 Å². The molecule has 0 atom stereocenters. The largest absolute Gasteiger partial charge is 0.367 e. The van der Waals surface area contributed by atoms with Crippen molar-refractivity contribution in [3.8, 4) is 12.3 Å². The molecule has 0 bridgehead atoms. The molecule has 0 saturated carbocycles. The highest BCUT2D eigenvalue weighted by Crippen LogP contribution is 1.68. The highest BCUT2D eigenvalue weighted by atomic mass is 19.1. The first-order valence-electron chi connectivity index (χ1n) is 1.27. The summed E-state index contributed by atoms with van der Waals surface area (Å²) in [7, 11) is 0.444. The van der Waals surface area contributed by atoms with Crippen molar-refractivity contribution in [2.45, 2.75) is 6.32 Å². The van der Waals surface area contributed by atoms with E-state index in [2.05, 4.69) is 12.3 Å².